The van der Waals surface area contributed by atoms with Gasteiger partial charge in [-0.2, -0.15) is 0 Å². The quantitative estimate of drug-likeness (QED) is 0.830. The molecule has 3 aliphatic rings. The van der Waals surface area contributed by atoms with Crippen molar-refractivity contribution in [1.29, 1.82) is 0 Å². The summed E-state index contributed by atoms with van der Waals surface area (Å²) in [6, 6.07) is 0.116. The van der Waals surface area contributed by atoms with Crippen LogP contribution in [0.3, 0.4) is 0 Å². The molecule has 0 aromatic carbocycles. The Morgan fingerprint density at radius 1 is 1.05 bits per heavy atom. The van der Waals surface area contributed by atoms with E-state index in [1.54, 1.807) is 0 Å². The normalized spacial score (nSPS) is 36.3. The van der Waals surface area contributed by atoms with E-state index < -0.39 is 0 Å². The van der Waals surface area contributed by atoms with E-state index in [2.05, 4.69) is 9.80 Å². The molecule has 0 aromatic heterocycles. The minimum Gasteiger partial charge on any atom is -0.342 e. The first-order chi connectivity index (χ1) is 9.24. The minimum absolute atomic E-state index is 0.116. The first-order valence-corrected chi connectivity index (χ1v) is 8.01. The van der Waals surface area contributed by atoms with Crippen molar-refractivity contribution in [3.8, 4) is 0 Å². The van der Waals surface area contributed by atoms with Crippen LogP contribution in [0.5, 0.6) is 0 Å². The monoisotopic (exact) mass is 265 g/mol. The Bertz CT molecular complexity index is 327. The minimum atomic E-state index is 0.116. The average Bonchev–Trinajstić information content (AvgIpc) is 3.10. The summed E-state index contributed by atoms with van der Waals surface area (Å²) in [4.78, 5) is 17.1. The standard InChI is InChI=1S/C15H27N3O/c16-14-5-3-4-13(14)15(19)18-9-6-12(11-18)10-17-7-1-2-8-17/h12-14H,1-11,16H2. The molecule has 3 fully saturated rings. The van der Waals surface area contributed by atoms with Gasteiger partial charge in [0.15, 0.2) is 0 Å². The SMILES string of the molecule is NC1CCCC1C(=O)N1CCC(CN2CCCC2)C1. The number of likely N-dealkylation sites (tertiary alicyclic amines) is 2. The summed E-state index contributed by atoms with van der Waals surface area (Å²) >= 11 is 0. The molecule has 3 unspecified atom stereocenters. The van der Waals surface area contributed by atoms with Gasteiger partial charge in [0.1, 0.15) is 0 Å². The van der Waals surface area contributed by atoms with Crippen LogP contribution in [-0.2, 0) is 4.79 Å². The summed E-state index contributed by atoms with van der Waals surface area (Å²) in [5.41, 5.74) is 6.06. The predicted molar refractivity (Wildman–Crippen MR) is 75.7 cm³/mol. The highest BCUT2D eigenvalue weighted by atomic mass is 16.2. The predicted octanol–water partition coefficient (Wildman–Crippen LogP) is 1.06. The molecule has 3 atom stereocenters. The van der Waals surface area contributed by atoms with Crippen molar-refractivity contribution in [1.82, 2.24) is 9.80 Å². The summed E-state index contributed by atoms with van der Waals surface area (Å²) in [6.45, 7) is 5.65. The van der Waals surface area contributed by atoms with Crippen molar-refractivity contribution in [2.24, 2.45) is 17.6 Å². The Morgan fingerprint density at radius 2 is 1.84 bits per heavy atom. The molecular formula is C15H27N3O. The highest BCUT2D eigenvalue weighted by Crippen LogP contribution is 2.28. The zero-order chi connectivity index (χ0) is 13.2. The van der Waals surface area contributed by atoms with Gasteiger partial charge in [0.25, 0.3) is 0 Å². The van der Waals surface area contributed by atoms with Crippen LogP contribution in [0.15, 0.2) is 0 Å². The van der Waals surface area contributed by atoms with Crippen LogP contribution in [-0.4, -0.2) is 54.5 Å². The molecule has 0 bridgehead atoms. The molecule has 1 amide bonds. The van der Waals surface area contributed by atoms with Gasteiger partial charge in [0, 0.05) is 25.7 Å². The summed E-state index contributed by atoms with van der Waals surface area (Å²) in [5.74, 6) is 1.15. The number of carbonyl (C=O) groups is 1. The lowest BCUT2D eigenvalue weighted by atomic mass is 10.0. The lowest BCUT2D eigenvalue weighted by Crippen LogP contribution is -2.41. The Labute approximate surface area is 116 Å². The molecule has 19 heavy (non-hydrogen) atoms. The zero-order valence-corrected chi connectivity index (χ0v) is 11.9. The Morgan fingerprint density at radius 3 is 2.53 bits per heavy atom. The first kappa shape index (κ1) is 13.4. The fourth-order valence-corrected chi connectivity index (χ4v) is 4.04. The molecule has 0 radical (unpaired) electrons. The third-order valence-corrected chi connectivity index (χ3v) is 5.20. The zero-order valence-electron chi connectivity index (χ0n) is 11.9. The van der Waals surface area contributed by atoms with Crippen molar-refractivity contribution < 1.29 is 4.79 Å². The maximum atomic E-state index is 12.5. The molecule has 2 saturated heterocycles. The van der Waals surface area contributed by atoms with Crippen molar-refractivity contribution in [2.75, 3.05) is 32.7 Å². The van der Waals surface area contributed by atoms with Gasteiger partial charge in [-0.1, -0.05) is 6.42 Å². The van der Waals surface area contributed by atoms with E-state index in [4.69, 9.17) is 5.73 Å². The van der Waals surface area contributed by atoms with Gasteiger partial charge in [-0.15, -0.1) is 0 Å². The van der Waals surface area contributed by atoms with Gasteiger partial charge in [0.05, 0.1) is 5.92 Å². The van der Waals surface area contributed by atoms with Crippen molar-refractivity contribution >= 4 is 5.91 Å². The highest BCUT2D eigenvalue weighted by molar-refractivity contribution is 5.80. The number of hydrogen-bond donors (Lipinski definition) is 1. The Kier molecular flexibility index (Phi) is 4.08. The van der Waals surface area contributed by atoms with Crippen LogP contribution in [0.2, 0.25) is 0 Å². The second kappa shape index (κ2) is 5.80. The van der Waals surface area contributed by atoms with Gasteiger partial charge >= 0.3 is 0 Å². The van der Waals surface area contributed by atoms with E-state index in [1.165, 1.54) is 38.9 Å². The molecular weight excluding hydrogens is 238 g/mol. The molecule has 2 aliphatic heterocycles. The van der Waals surface area contributed by atoms with E-state index in [1.807, 2.05) is 0 Å². The first-order valence-electron chi connectivity index (χ1n) is 8.01. The van der Waals surface area contributed by atoms with Crippen molar-refractivity contribution in [2.45, 2.75) is 44.6 Å². The largest absolute Gasteiger partial charge is 0.342 e. The fraction of sp³-hybridized carbons (Fsp3) is 0.933. The van der Waals surface area contributed by atoms with Crippen molar-refractivity contribution in [3.63, 3.8) is 0 Å². The topological polar surface area (TPSA) is 49.6 Å². The third kappa shape index (κ3) is 2.95. The summed E-state index contributed by atoms with van der Waals surface area (Å²) in [6.07, 6.45) is 7.06. The molecule has 1 saturated carbocycles. The van der Waals surface area contributed by atoms with Crippen LogP contribution in [0, 0.1) is 11.8 Å². The molecule has 4 nitrogen and oxygen atoms in total. The molecule has 2 N–H and O–H groups in total. The smallest absolute Gasteiger partial charge is 0.227 e. The molecule has 1 aliphatic carbocycles. The molecule has 108 valence electrons. The van der Waals surface area contributed by atoms with Crippen LogP contribution >= 0.6 is 0 Å². The maximum Gasteiger partial charge on any atom is 0.227 e. The van der Waals surface area contributed by atoms with E-state index in [0.717, 1.165) is 32.4 Å². The lowest BCUT2D eigenvalue weighted by molar-refractivity contribution is -0.134. The third-order valence-electron chi connectivity index (χ3n) is 5.20. The van der Waals surface area contributed by atoms with Gasteiger partial charge in [-0.25, -0.2) is 0 Å². The fourth-order valence-electron chi connectivity index (χ4n) is 4.04. The lowest BCUT2D eigenvalue weighted by Gasteiger charge is -2.24. The Balaban J connectivity index is 1.49. The van der Waals surface area contributed by atoms with E-state index >= 15 is 0 Å². The maximum absolute atomic E-state index is 12.5. The van der Waals surface area contributed by atoms with Gasteiger partial charge in [-0.3, -0.25) is 4.79 Å². The van der Waals surface area contributed by atoms with Crippen LogP contribution in [0.1, 0.15) is 38.5 Å². The molecule has 0 spiro atoms. The summed E-state index contributed by atoms with van der Waals surface area (Å²) in [5, 5.41) is 0. The number of carbonyl (C=O) groups excluding carboxylic acids is 1. The molecule has 3 rings (SSSR count). The Hall–Kier alpha value is -0.610. The number of amides is 1. The average molecular weight is 265 g/mol. The number of rotatable bonds is 3. The van der Waals surface area contributed by atoms with E-state index in [9.17, 15) is 4.79 Å². The molecule has 0 aromatic rings. The van der Waals surface area contributed by atoms with Crippen LogP contribution in [0.4, 0.5) is 0 Å². The summed E-state index contributed by atoms with van der Waals surface area (Å²) < 4.78 is 0. The van der Waals surface area contributed by atoms with Gasteiger partial charge in [0.2, 0.25) is 5.91 Å². The van der Waals surface area contributed by atoms with Gasteiger partial charge < -0.3 is 15.5 Å². The number of nitrogens with zero attached hydrogens (tertiary/aromatic N) is 2. The van der Waals surface area contributed by atoms with Crippen LogP contribution < -0.4 is 5.73 Å². The second-order valence-electron chi connectivity index (χ2n) is 6.65. The second-order valence-corrected chi connectivity index (χ2v) is 6.65. The summed E-state index contributed by atoms with van der Waals surface area (Å²) in [7, 11) is 0. The van der Waals surface area contributed by atoms with Crippen LogP contribution in [0.25, 0.3) is 0 Å². The highest BCUT2D eigenvalue weighted by Gasteiger charge is 2.36. The van der Waals surface area contributed by atoms with Gasteiger partial charge in [-0.05, 0) is 51.1 Å². The number of hydrogen-bond acceptors (Lipinski definition) is 3. The molecule has 4 heteroatoms. The van der Waals surface area contributed by atoms with E-state index in [0.29, 0.717) is 11.8 Å². The molecule has 2 heterocycles. The van der Waals surface area contributed by atoms with Crippen molar-refractivity contribution in [3.05, 3.63) is 0 Å². The van der Waals surface area contributed by atoms with E-state index in [-0.39, 0.29) is 12.0 Å². The number of nitrogens with two attached hydrogens (primary N) is 1.